The molecule has 0 saturated carbocycles. The summed E-state index contributed by atoms with van der Waals surface area (Å²) in [5.74, 6) is 0.604. The van der Waals surface area contributed by atoms with E-state index in [4.69, 9.17) is 4.52 Å². The van der Waals surface area contributed by atoms with Gasteiger partial charge in [0.25, 0.3) is 0 Å². The lowest BCUT2D eigenvalue weighted by Crippen LogP contribution is -2.55. The number of carbonyl (C=O) groups is 2. The molecule has 1 fully saturated rings. The Kier molecular flexibility index (Phi) is 4.07. The zero-order chi connectivity index (χ0) is 15.8. The van der Waals surface area contributed by atoms with Gasteiger partial charge in [-0.1, -0.05) is 5.16 Å². The molecule has 1 aliphatic rings. The molecule has 0 spiro atoms. The lowest BCUT2D eigenvalue weighted by Gasteiger charge is -2.36. The number of nitrogens with zero attached hydrogens (tertiary/aromatic N) is 3. The molecule has 1 unspecified atom stereocenters. The lowest BCUT2D eigenvalue weighted by atomic mass is 9.96. The highest BCUT2D eigenvalue weighted by molar-refractivity contribution is 5.92. The molecular weight excluding hydrogens is 270 g/mol. The Morgan fingerprint density at radius 2 is 2.05 bits per heavy atom. The summed E-state index contributed by atoms with van der Waals surface area (Å²) in [4.78, 5) is 28.3. The van der Waals surface area contributed by atoms with Gasteiger partial charge in [-0.2, -0.15) is 0 Å². The Morgan fingerprint density at radius 3 is 2.57 bits per heavy atom. The number of amides is 2. The van der Waals surface area contributed by atoms with Crippen LogP contribution < -0.4 is 0 Å². The number of hydrogen-bond donors (Lipinski definition) is 0. The van der Waals surface area contributed by atoms with E-state index in [1.165, 1.54) is 0 Å². The van der Waals surface area contributed by atoms with Gasteiger partial charge in [0.1, 0.15) is 11.3 Å². The van der Waals surface area contributed by atoms with Gasteiger partial charge in [0.2, 0.25) is 11.8 Å². The van der Waals surface area contributed by atoms with Crippen LogP contribution in [0, 0.1) is 13.8 Å². The summed E-state index contributed by atoms with van der Waals surface area (Å²) < 4.78 is 5.10. The van der Waals surface area contributed by atoms with Crippen molar-refractivity contribution < 1.29 is 14.1 Å². The van der Waals surface area contributed by atoms with Gasteiger partial charge < -0.3 is 14.3 Å². The van der Waals surface area contributed by atoms with Gasteiger partial charge in [-0.05, 0) is 33.6 Å². The Balaban J connectivity index is 2.20. The van der Waals surface area contributed by atoms with Gasteiger partial charge in [0.05, 0.1) is 12.1 Å². The van der Waals surface area contributed by atoms with Crippen LogP contribution in [0.15, 0.2) is 4.52 Å². The first-order valence-electron chi connectivity index (χ1n) is 7.21. The zero-order valence-electron chi connectivity index (χ0n) is 13.4. The van der Waals surface area contributed by atoms with E-state index < -0.39 is 5.54 Å². The minimum absolute atomic E-state index is 0.0212. The molecule has 0 bridgehead atoms. The van der Waals surface area contributed by atoms with Crippen LogP contribution in [-0.4, -0.2) is 52.9 Å². The Hall–Kier alpha value is -1.85. The number of carbonyl (C=O) groups excluding carboxylic acids is 2. The van der Waals surface area contributed by atoms with Crippen LogP contribution in [0.5, 0.6) is 0 Å². The van der Waals surface area contributed by atoms with Crippen molar-refractivity contribution in [3.05, 3.63) is 17.0 Å². The highest BCUT2D eigenvalue weighted by Gasteiger charge is 2.46. The second-order valence-electron chi connectivity index (χ2n) is 6.10. The largest absolute Gasteiger partial charge is 0.361 e. The molecule has 1 saturated heterocycles. The van der Waals surface area contributed by atoms with Crippen molar-refractivity contribution in [2.75, 3.05) is 20.6 Å². The van der Waals surface area contributed by atoms with Gasteiger partial charge >= 0.3 is 0 Å². The molecule has 0 radical (unpaired) electrons. The average molecular weight is 293 g/mol. The Labute approximate surface area is 125 Å². The number of aromatic nitrogens is 1. The van der Waals surface area contributed by atoms with E-state index in [0.717, 1.165) is 17.7 Å². The highest BCUT2D eigenvalue weighted by atomic mass is 16.5. The summed E-state index contributed by atoms with van der Waals surface area (Å²) in [5, 5.41) is 3.87. The summed E-state index contributed by atoms with van der Waals surface area (Å²) in [7, 11) is 3.45. The van der Waals surface area contributed by atoms with E-state index in [-0.39, 0.29) is 18.2 Å². The van der Waals surface area contributed by atoms with Gasteiger partial charge in [-0.25, -0.2) is 0 Å². The fraction of sp³-hybridized carbons (Fsp3) is 0.667. The summed E-state index contributed by atoms with van der Waals surface area (Å²) in [6, 6.07) is 0. The van der Waals surface area contributed by atoms with Crippen molar-refractivity contribution >= 4 is 11.8 Å². The third-order valence-electron chi connectivity index (χ3n) is 4.32. The van der Waals surface area contributed by atoms with Crippen LogP contribution in [0.2, 0.25) is 0 Å². The fourth-order valence-electron chi connectivity index (χ4n) is 3.07. The first-order valence-corrected chi connectivity index (χ1v) is 7.21. The van der Waals surface area contributed by atoms with Crippen LogP contribution in [0.3, 0.4) is 0 Å². The minimum Gasteiger partial charge on any atom is -0.361 e. The fourth-order valence-corrected chi connectivity index (χ4v) is 3.07. The number of aryl methyl sites for hydroxylation is 2. The van der Waals surface area contributed by atoms with E-state index >= 15 is 0 Å². The standard InChI is InChI=1S/C15H23N3O3/c1-10-12(11(2)21-16-10)9-13(19)18-8-6-7-15(18,3)14(20)17(4)5/h6-9H2,1-5H3. The molecule has 0 aliphatic carbocycles. The van der Waals surface area contributed by atoms with E-state index in [0.29, 0.717) is 18.7 Å². The van der Waals surface area contributed by atoms with E-state index in [2.05, 4.69) is 5.16 Å². The van der Waals surface area contributed by atoms with Gasteiger partial charge in [-0.15, -0.1) is 0 Å². The number of likely N-dealkylation sites (tertiary alicyclic amines) is 1. The van der Waals surface area contributed by atoms with Gasteiger partial charge in [0.15, 0.2) is 0 Å². The topological polar surface area (TPSA) is 66.7 Å². The maximum atomic E-state index is 12.6. The van der Waals surface area contributed by atoms with Crippen LogP contribution in [0.25, 0.3) is 0 Å². The van der Waals surface area contributed by atoms with Crippen molar-refractivity contribution in [2.24, 2.45) is 0 Å². The third-order valence-corrected chi connectivity index (χ3v) is 4.32. The summed E-state index contributed by atoms with van der Waals surface area (Å²) in [6.07, 6.45) is 1.79. The third kappa shape index (κ3) is 2.66. The van der Waals surface area contributed by atoms with Gasteiger partial charge in [0, 0.05) is 26.2 Å². The quantitative estimate of drug-likeness (QED) is 0.842. The molecule has 1 aromatic rings. The van der Waals surface area contributed by atoms with E-state index in [1.807, 2.05) is 13.8 Å². The van der Waals surface area contributed by atoms with Crippen molar-refractivity contribution in [1.29, 1.82) is 0 Å². The lowest BCUT2D eigenvalue weighted by molar-refractivity contribution is -0.148. The predicted octanol–water partition coefficient (Wildman–Crippen LogP) is 1.30. The summed E-state index contributed by atoms with van der Waals surface area (Å²) in [5.41, 5.74) is 0.826. The number of hydrogen-bond acceptors (Lipinski definition) is 4. The monoisotopic (exact) mass is 293 g/mol. The second kappa shape index (κ2) is 5.50. The molecule has 1 aromatic heterocycles. The summed E-state index contributed by atoms with van der Waals surface area (Å²) in [6.45, 7) is 6.11. The minimum atomic E-state index is -0.737. The first-order chi connectivity index (χ1) is 9.77. The molecule has 0 aromatic carbocycles. The first kappa shape index (κ1) is 15.5. The molecule has 21 heavy (non-hydrogen) atoms. The van der Waals surface area contributed by atoms with Crippen LogP contribution in [-0.2, 0) is 16.0 Å². The Morgan fingerprint density at radius 1 is 1.38 bits per heavy atom. The predicted molar refractivity (Wildman–Crippen MR) is 77.7 cm³/mol. The smallest absolute Gasteiger partial charge is 0.247 e. The molecule has 1 atom stereocenters. The summed E-state index contributed by atoms with van der Waals surface area (Å²) >= 11 is 0. The van der Waals surface area contributed by atoms with Crippen molar-refractivity contribution in [3.8, 4) is 0 Å². The zero-order valence-corrected chi connectivity index (χ0v) is 13.4. The van der Waals surface area contributed by atoms with Crippen molar-refractivity contribution in [3.63, 3.8) is 0 Å². The highest BCUT2D eigenvalue weighted by Crippen LogP contribution is 2.31. The molecule has 6 nitrogen and oxygen atoms in total. The maximum Gasteiger partial charge on any atom is 0.247 e. The average Bonchev–Trinajstić information content (AvgIpc) is 2.96. The number of likely N-dealkylation sites (N-methyl/N-ethyl adjacent to an activating group) is 1. The van der Waals surface area contributed by atoms with Crippen molar-refractivity contribution in [2.45, 2.75) is 45.6 Å². The molecule has 116 valence electrons. The van der Waals surface area contributed by atoms with Crippen LogP contribution >= 0.6 is 0 Å². The molecule has 2 heterocycles. The van der Waals surface area contributed by atoms with Crippen LogP contribution in [0.1, 0.15) is 36.8 Å². The SMILES string of the molecule is Cc1noc(C)c1CC(=O)N1CCCC1(C)C(=O)N(C)C. The normalized spacial score (nSPS) is 21.7. The molecule has 2 amide bonds. The van der Waals surface area contributed by atoms with Crippen LogP contribution in [0.4, 0.5) is 0 Å². The van der Waals surface area contributed by atoms with Gasteiger partial charge in [-0.3, -0.25) is 9.59 Å². The second-order valence-corrected chi connectivity index (χ2v) is 6.10. The van der Waals surface area contributed by atoms with Crippen molar-refractivity contribution in [1.82, 2.24) is 15.0 Å². The Bertz CT molecular complexity index is 545. The molecule has 1 aliphatic heterocycles. The molecule has 6 heteroatoms. The molecule has 0 N–H and O–H groups in total. The van der Waals surface area contributed by atoms with E-state index in [1.54, 1.807) is 30.8 Å². The van der Waals surface area contributed by atoms with E-state index in [9.17, 15) is 9.59 Å². The number of rotatable bonds is 3. The molecular formula is C15H23N3O3. The molecule has 2 rings (SSSR count). The maximum absolute atomic E-state index is 12.6.